The van der Waals surface area contributed by atoms with Crippen molar-refractivity contribution in [2.24, 2.45) is 11.8 Å². The summed E-state index contributed by atoms with van der Waals surface area (Å²) in [4.78, 5) is 28.5. The highest BCUT2D eigenvalue weighted by atomic mass is 32.2. The predicted octanol–water partition coefficient (Wildman–Crippen LogP) is 18.5. The quantitative estimate of drug-likeness (QED) is 0.0478. The van der Waals surface area contributed by atoms with Crippen molar-refractivity contribution < 1.29 is 23.5 Å². The fourth-order valence-electron chi connectivity index (χ4n) is 12.7. The number of hydrogen-bond donors (Lipinski definition) is 0. The molecule has 76 heavy (non-hydrogen) atoms. The third-order valence-corrected chi connectivity index (χ3v) is 23.5. The van der Waals surface area contributed by atoms with E-state index in [0.717, 1.165) is 88.9 Å². The topological polar surface area (TPSA) is 65.1 Å². The second-order valence-corrected chi connectivity index (χ2v) is 30.4. The lowest BCUT2D eigenvalue weighted by atomic mass is 9.90. The average Bonchev–Trinajstić information content (AvgIpc) is 3.44. The molecule has 2 aliphatic rings. The number of thioether (sulfide) groups is 1. The molecule has 0 spiro atoms. The summed E-state index contributed by atoms with van der Waals surface area (Å²) in [6.07, 6.45) is 50.2. The van der Waals surface area contributed by atoms with Crippen molar-refractivity contribution in [2.45, 2.75) is 289 Å². The molecule has 0 heterocycles. The zero-order valence-corrected chi connectivity index (χ0v) is 51.7. The molecule has 0 bridgehead atoms. The minimum atomic E-state index is -2.54. The third kappa shape index (κ3) is 29.4. The van der Waals surface area contributed by atoms with E-state index in [9.17, 15) is 9.59 Å². The van der Waals surface area contributed by atoms with Crippen LogP contribution in [0.25, 0.3) is 0 Å². The van der Waals surface area contributed by atoms with Gasteiger partial charge in [-0.05, 0) is 72.8 Å². The smallest absolute Gasteiger partial charge is 0.305 e. The number of carbonyl (C=O) groups is 2. The molecule has 0 saturated heterocycles. The standard InChI is InChI=1S/C68H117NO5SSi/c1-68(2,3)76(64-47-35-25-36-48-64,65-49-37-26-38-50-65)74-58-60-75-59-55-69(4)63(45-33-27-39-56-72-66(70)53-51-61-41-29-21-17-13-9-5-6-10-14-18-22-30-42-61)46-34-28-40-57-73-67(71)54-52-62-43-31-23-19-15-11-7-8-12-16-20-24-32-44-62/h25-26,35-38,47-50,61-63H,5-24,27-34,39-46,51-60H2,1-4H3. The van der Waals surface area contributed by atoms with Crippen molar-refractivity contribution >= 4 is 42.4 Å². The summed E-state index contributed by atoms with van der Waals surface area (Å²) in [5.74, 6) is 3.43. The normalized spacial score (nSPS) is 17.8. The Kier molecular flexibility index (Phi) is 37.3. The van der Waals surface area contributed by atoms with Gasteiger partial charge in [0.1, 0.15) is 0 Å². The summed E-state index contributed by atoms with van der Waals surface area (Å²) >= 11 is 2.02. The van der Waals surface area contributed by atoms with Crippen LogP contribution in [-0.4, -0.2) is 76.1 Å². The van der Waals surface area contributed by atoms with Gasteiger partial charge in [0, 0.05) is 43.5 Å². The lowest BCUT2D eigenvalue weighted by molar-refractivity contribution is -0.145. The Hall–Kier alpha value is -2.13. The highest BCUT2D eigenvalue weighted by molar-refractivity contribution is 7.99. The van der Waals surface area contributed by atoms with E-state index in [2.05, 4.69) is 93.4 Å². The summed E-state index contributed by atoms with van der Waals surface area (Å²) in [6, 6.07) is 22.5. The largest absolute Gasteiger partial charge is 0.466 e. The van der Waals surface area contributed by atoms with E-state index < -0.39 is 8.32 Å². The van der Waals surface area contributed by atoms with Crippen LogP contribution in [0.15, 0.2) is 60.7 Å². The van der Waals surface area contributed by atoms with Gasteiger partial charge < -0.3 is 18.8 Å². The number of rotatable bonds is 28. The Balaban J connectivity index is 1.20. The molecule has 0 amide bonds. The van der Waals surface area contributed by atoms with Crippen LogP contribution >= 0.6 is 11.8 Å². The Morgan fingerprint density at radius 3 is 1.21 bits per heavy atom. The minimum Gasteiger partial charge on any atom is -0.466 e. The van der Waals surface area contributed by atoms with Crippen LogP contribution in [0.3, 0.4) is 0 Å². The first-order chi connectivity index (χ1) is 37.2. The molecule has 2 saturated carbocycles. The maximum atomic E-state index is 13.0. The number of unbranched alkanes of at least 4 members (excludes halogenated alkanes) is 4. The second kappa shape index (κ2) is 42.7. The molecule has 2 aromatic carbocycles. The third-order valence-electron chi connectivity index (χ3n) is 17.5. The van der Waals surface area contributed by atoms with Crippen LogP contribution in [0.1, 0.15) is 278 Å². The lowest BCUT2D eigenvalue weighted by Gasteiger charge is -2.43. The van der Waals surface area contributed by atoms with Crippen LogP contribution in [-0.2, 0) is 23.5 Å². The zero-order chi connectivity index (χ0) is 54.0. The zero-order valence-electron chi connectivity index (χ0n) is 49.9. The van der Waals surface area contributed by atoms with Crippen molar-refractivity contribution in [3.8, 4) is 0 Å². The molecule has 2 fully saturated rings. The van der Waals surface area contributed by atoms with Crippen molar-refractivity contribution in [1.29, 1.82) is 0 Å². The Bertz CT molecular complexity index is 1550. The van der Waals surface area contributed by atoms with Crippen molar-refractivity contribution in [3.63, 3.8) is 0 Å². The highest BCUT2D eigenvalue weighted by Crippen LogP contribution is 2.37. The van der Waals surface area contributed by atoms with Crippen LogP contribution in [0.2, 0.25) is 5.04 Å². The van der Waals surface area contributed by atoms with Crippen LogP contribution in [0, 0.1) is 11.8 Å². The maximum Gasteiger partial charge on any atom is 0.305 e. The number of carbonyl (C=O) groups excluding carboxylic acids is 2. The molecule has 8 heteroatoms. The number of esters is 2. The maximum absolute atomic E-state index is 13.0. The first-order valence-electron chi connectivity index (χ1n) is 32.5. The van der Waals surface area contributed by atoms with Crippen LogP contribution in [0.4, 0.5) is 0 Å². The second-order valence-electron chi connectivity index (χ2n) is 24.8. The first kappa shape index (κ1) is 66.4. The molecule has 0 unspecified atom stereocenters. The summed E-state index contributed by atoms with van der Waals surface area (Å²) in [5, 5.41) is 2.66. The van der Waals surface area contributed by atoms with Gasteiger partial charge in [0.2, 0.25) is 0 Å². The fourth-order valence-corrected chi connectivity index (χ4v) is 18.2. The van der Waals surface area contributed by atoms with E-state index in [-0.39, 0.29) is 17.0 Å². The van der Waals surface area contributed by atoms with Gasteiger partial charge in [-0.25, -0.2) is 0 Å². The molecule has 2 aromatic rings. The van der Waals surface area contributed by atoms with Gasteiger partial charge in [-0.1, -0.05) is 287 Å². The molecule has 4 rings (SSSR count). The minimum absolute atomic E-state index is 0.0147. The molecule has 434 valence electrons. The van der Waals surface area contributed by atoms with Gasteiger partial charge in [-0.2, -0.15) is 11.8 Å². The number of ether oxygens (including phenoxy) is 2. The summed E-state index contributed by atoms with van der Waals surface area (Å²) in [5.41, 5.74) is 0. The average molecular weight is 1090 g/mol. The van der Waals surface area contributed by atoms with E-state index >= 15 is 0 Å². The molecule has 0 atom stereocenters. The molecule has 0 radical (unpaired) electrons. The van der Waals surface area contributed by atoms with Gasteiger partial charge in [0.25, 0.3) is 8.32 Å². The SMILES string of the molecule is CN(CCSCCO[Si](c1ccccc1)(c1ccccc1)C(C)(C)C)C(CCCCCOC(=O)CCC1CCCCCCCCCCCCCC1)CCCCCOC(=O)CCC1CCCCCCCCCCCCCC1. The van der Waals surface area contributed by atoms with Gasteiger partial charge in [-0.15, -0.1) is 0 Å². The summed E-state index contributed by atoms with van der Waals surface area (Å²) < 4.78 is 18.9. The summed E-state index contributed by atoms with van der Waals surface area (Å²) in [6.45, 7) is 9.96. The molecule has 6 nitrogen and oxygen atoms in total. The monoisotopic (exact) mass is 1090 g/mol. The molecular weight excluding hydrogens is 971 g/mol. The fraction of sp³-hybridized carbons (Fsp3) is 0.794. The van der Waals surface area contributed by atoms with Crippen molar-refractivity contribution in [3.05, 3.63) is 60.7 Å². The lowest BCUT2D eigenvalue weighted by Crippen LogP contribution is -2.66. The van der Waals surface area contributed by atoms with Crippen LogP contribution in [0.5, 0.6) is 0 Å². The van der Waals surface area contributed by atoms with Gasteiger partial charge in [0.05, 0.1) is 13.2 Å². The van der Waals surface area contributed by atoms with Crippen molar-refractivity contribution in [1.82, 2.24) is 4.90 Å². The Labute approximate surface area is 474 Å². The highest BCUT2D eigenvalue weighted by Gasteiger charge is 2.50. The number of nitrogens with zero attached hydrogens (tertiary/aromatic N) is 1. The van der Waals surface area contributed by atoms with Gasteiger partial charge in [-0.3, -0.25) is 9.59 Å². The van der Waals surface area contributed by atoms with E-state index in [4.69, 9.17) is 13.9 Å². The van der Waals surface area contributed by atoms with E-state index in [0.29, 0.717) is 43.9 Å². The summed E-state index contributed by atoms with van der Waals surface area (Å²) in [7, 11) is -0.214. The van der Waals surface area contributed by atoms with E-state index in [1.807, 2.05) is 11.8 Å². The van der Waals surface area contributed by atoms with Crippen molar-refractivity contribution in [2.75, 3.05) is 44.9 Å². The molecule has 0 aromatic heterocycles. The van der Waals surface area contributed by atoms with E-state index in [1.165, 1.54) is 190 Å². The van der Waals surface area contributed by atoms with Gasteiger partial charge >= 0.3 is 11.9 Å². The molecule has 0 aliphatic heterocycles. The first-order valence-corrected chi connectivity index (χ1v) is 35.6. The predicted molar refractivity (Wildman–Crippen MR) is 331 cm³/mol. The van der Waals surface area contributed by atoms with Crippen LogP contribution < -0.4 is 10.4 Å². The molecule has 0 N–H and O–H groups in total. The Morgan fingerprint density at radius 2 is 0.855 bits per heavy atom. The molecular formula is C68H117NO5SSi. The number of hydrogen-bond acceptors (Lipinski definition) is 7. The number of benzene rings is 2. The molecule has 2 aliphatic carbocycles. The van der Waals surface area contributed by atoms with E-state index in [1.54, 1.807) is 0 Å². The van der Waals surface area contributed by atoms with Gasteiger partial charge in [0.15, 0.2) is 0 Å². The Morgan fingerprint density at radius 1 is 0.500 bits per heavy atom.